The Balaban J connectivity index is 3.38. The third kappa shape index (κ3) is 7.65. The normalized spacial score (nSPS) is 12.4. The smallest absolute Gasteiger partial charge is 0.322 e. The minimum atomic E-state index is -0.186. The van der Waals surface area contributed by atoms with Crippen molar-refractivity contribution < 1.29 is 14.3 Å². The highest BCUT2D eigenvalue weighted by molar-refractivity contribution is 5.75. The van der Waals surface area contributed by atoms with Crippen molar-refractivity contribution >= 4 is 5.97 Å². The molecule has 0 aliphatic carbocycles. The SMILES string of the molecule is CCCCOCCCNC(CC)C(=O)OC. The molecule has 0 fully saturated rings. The number of ether oxygens (including phenoxy) is 2. The molecule has 0 aromatic rings. The van der Waals surface area contributed by atoms with Gasteiger partial charge in [-0.3, -0.25) is 4.79 Å². The van der Waals surface area contributed by atoms with Crippen LogP contribution in [-0.2, 0) is 14.3 Å². The van der Waals surface area contributed by atoms with Crippen LogP contribution in [0.3, 0.4) is 0 Å². The summed E-state index contributed by atoms with van der Waals surface area (Å²) < 4.78 is 10.1. The molecule has 0 radical (unpaired) electrons. The van der Waals surface area contributed by atoms with Crippen molar-refractivity contribution in [2.24, 2.45) is 0 Å². The molecule has 1 N–H and O–H groups in total. The van der Waals surface area contributed by atoms with E-state index in [0.29, 0.717) is 0 Å². The minimum absolute atomic E-state index is 0.180. The highest BCUT2D eigenvalue weighted by Crippen LogP contribution is 1.94. The van der Waals surface area contributed by atoms with Crippen LogP contribution in [0.25, 0.3) is 0 Å². The van der Waals surface area contributed by atoms with E-state index >= 15 is 0 Å². The van der Waals surface area contributed by atoms with E-state index in [-0.39, 0.29) is 12.0 Å². The molecule has 0 bridgehead atoms. The maximum Gasteiger partial charge on any atom is 0.322 e. The summed E-state index contributed by atoms with van der Waals surface area (Å²) in [5, 5.41) is 3.16. The van der Waals surface area contributed by atoms with E-state index in [1.165, 1.54) is 13.5 Å². The number of methoxy groups -OCH3 is 1. The average molecular weight is 231 g/mol. The number of hydrogen-bond donors (Lipinski definition) is 1. The van der Waals surface area contributed by atoms with Crippen molar-refractivity contribution in [2.45, 2.75) is 45.6 Å². The molecule has 0 saturated carbocycles. The molecule has 16 heavy (non-hydrogen) atoms. The number of carbonyl (C=O) groups excluding carboxylic acids is 1. The second-order valence-electron chi connectivity index (χ2n) is 3.76. The number of rotatable bonds is 10. The van der Waals surface area contributed by atoms with Gasteiger partial charge in [-0.1, -0.05) is 20.3 Å². The molecule has 0 spiro atoms. The number of carbonyl (C=O) groups is 1. The molecule has 4 nitrogen and oxygen atoms in total. The molecule has 1 atom stereocenters. The van der Waals surface area contributed by atoms with Crippen LogP contribution in [0.1, 0.15) is 39.5 Å². The lowest BCUT2D eigenvalue weighted by molar-refractivity contribution is -0.143. The Morgan fingerprint density at radius 1 is 1.25 bits per heavy atom. The summed E-state index contributed by atoms with van der Waals surface area (Å²) in [5.74, 6) is -0.186. The molecule has 0 aromatic carbocycles. The zero-order chi connectivity index (χ0) is 12.2. The predicted octanol–water partition coefficient (Wildman–Crippen LogP) is 1.73. The Kier molecular flexibility index (Phi) is 10.5. The monoisotopic (exact) mass is 231 g/mol. The van der Waals surface area contributed by atoms with Crippen molar-refractivity contribution in [3.05, 3.63) is 0 Å². The number of nitrogens with one attached hydrogen (secondary N) is 1. The predicted molar refractivity (Wildman–Crippen MR) is 64.4 cm³/mol. The lowest BCUT2D eigenvalue weighted by Crippen LogP contribution is -2.37. The standard InChI is InChI=1S/C12H25NO3/c1-4-6-9-16-10-7-8-13-11(5-2)12(14)15-3/h11,13H,4-10H2,1-3H3. The van der Waals surface area contributed by atoms with Crippen molar-refractivity contribution in [1.82, 2.24) is 5.32 Å². The molecular formula is C12H25NO3. The molecule has 0 aromatic heterocycles. The quantitative estimate of drug-likeness (QED) is 0.459. The van der Waals surface area contributed by atoms with Gasteiger partial charge in [-0.2, -0.15) is 0 Å². The minimum Gasteiger partial charge on any atom is -0.468 e. The molecule has 96 valence electrons. The summed E-state index contributed by atoms with van der Waals surface area (Å²) in [6, 6.07) is -0.180. The lowest BCUT2D eigenvalue weighted by atomic mass is 10.2. The highest BCUT2D eigenvalue weighted by atomic mass is 16.5. The molecule has 0 aliphatic heterocycles. The second kappa shape index (κ2) is 10.9. The molecular weight excluding hydrogens is 206 g/mol. The topological polar surface area (TPSA) is 47.6 Å². The van der Waals surface area contributed by atoms with E-state index in [2.05, 4.69) is 17.0 Å². The van der Waals surface area contributed by atoms with E-state index < -0.39 is 0 Å². The number of hydrogen-bond acceptors (Lipinski definition) is 4. The molecule has 4 heteroatoms. The molecule has 0 amide bonds. The third-order valence-corrected chi connectivity index (χ3v) is 2.39. The number of unbranched alkanes of at least 4 members (excludes halogenated alkanes) is 1. The van der Waals surface area contributed by atoms with Crippen LogP contribution in [0.15, 0.2) is 0 Å². The first-order valence-electron chi connectivity index (χ1n) is 6.15. The van der Waals surface area contributed by atoms with Gasteiger partial charge in [0.2, 0.25) is 0 Å². The fourth-order valence-corrected chi connectivity index (χ4v) is 1.34. The van der Waals surface area contributed by atoms with Crippen LogP contribution in [0, 0.1) is 0 Å². The summed E-state index contributed by atoms with van der Waals surface area (Å²) in [7, 11) is 1.42. The molecule has 0 heterocycles. The van der Waals surface area contributed by atoms with Gasteiger partial charge in [-0.05, 0) is 25.8 Å². The van der Waals surface area contributed by atoms with Gasteiger partial charge in [0.05, 0.1) is 7.11 Å². The highest BCUT2D eigenvalue weighted by Gasteiger charge is 2.14. The fraction of sp³-hybridized carbons (Fsp3) is 0.917. The van der Waals surface area contributed by atoms with Crippen molar-refractivity contribution in [3.63, 3.8) is 0 Å². The first kappa shape index (κ1) is 15.4. The van der Waals surface area contributed by atoms with Crippen LogP contribution in [0.4, 0.5) is 0 Å². The largest absolute Gasteiger partial charge is 0.468 e. The van der Waals surface area contributed by atoms with E-state index in [0.717, 1.165) is 39.0 Å². The van der Waals surface area contributed by atoms with E-state index in [1.54, 1.807) is 0 Å². The Labute approximate surface area is 98.7 Å². The second-order valence-corrected chi connectivity index (χ2v) is 3.76. The number of esters is 1. The summed E-state index contributed by atoms with van der Waals surface area (Å²) in [6.07, 6.45) is 3.96. The van der Waals surface area contributed by atoms with Gasteiger partial charge < -0.3 is 14.8 Å². The van der Waals surface area contributed by atoms with Crippen molar-refractivity contribution in [2.75, 3.05) is 26.9 Å². The fourth-order valence-electron chi connectivity index (χ4n) is 1.34. The van der Waals surface area contributed by atoms with Gasteiger partial charge in [-0.25, -0.2) is 0 Å². The van der Waals surface area contributed by atoms with Gasteiger partial charge in [-0.15, -0.1) is 0 Å². The molecule has 1 unspecified atom stereocenters. The van der Waals surface area contributed by atoms with Gasteiger partial charge in [0, 0.05) is 13.2 Å². The maximum absolute atomic E-state index is 11.2. The van der Waals surface area contributed by atoms with Crippen LogP contribution in [0.2, 0.25) is 0 Å². The first-order valence-corrected chi connectivity index (χ1v) is 6.15. The molecule has 0 rings (SSSR count). The molecule has 0 saturated heterocycles. The van der Waals surface area contributed by atoms with E-state index in [1.807, 2.05) is 6.92 Å². The average Bonchev–Trinajstić information content (AvgIpc) is 2.32. The lowest BCUT2D eigenvalue weighted by Gasteiger charge is -2.14. The summed E-state index contributed by atoms with van der Waals surface area (Å²) in [5.41, 5.74) is 0. The Bertz CT molecular complexity index is 174. The van der Waals surface area contributed by atoms with Gasteiger partial charge in [0.15, 0.2) is 0 Å². The maximum atomic E-state index is 11.2. The Morgan fingerprint density at radius 3 is 2.50 bits per heavy atom. The van der Waals surface area contributed by atoms with Crippen LogP contribution in [0.5, 0.6) is 0 Å². The van der Waals surface area contributed by atoms with Crippen molar-refractivity contribution in [1.29, 1.82) is 0 Å². The Hall–Kier alpha value is -0.610. The summed E-state index contributed by atoms with van der Waals surface area (Å²) in [6.45, 7) is 6.49. The van der Waals surface area contributed by atoms with Crippen LogP contribution in [-0.4, -0.2) is 38.9 Å². The zero-order valence-electron chi connectivity index (χ0n) is 10.8. The molecule has 0 aliphatic rings. The summed E-state index contributed by atoms with van der Waals surface area (Å²) in [4.78, 5) is 11.2. The zero-order valence-corrected chi connectivity index (χ0v) is 10.8. The van der Waals surface area contributed by atoms with Gasteiger partial charge >= 0.3 is 5.97 Å². The first-order chi connectivity index (χ1) is 7.76. The van der Waals surface area contributed by atoms with E-state index in [9.17, 15) is 4.79 Å². The van der Waals surface area contributed by atoms with Gasteiger partial charge in [0.25, 0.3) is 0 Å². The van der Waals surface area contributed by atoms with Gasteiger partial charge in [0.1, 0.15) is 6.04 Å². The summed E-state index contributed by atoms with van der Waals surface area (Å²) >= 11 is 0. The van der Waals surface area contributed by atoms with Crippen LogP contribution >= 0.6 is 0 Å². The van der Waals surface area contributed by atoms with Crippen LogP contribution < -0.4 is 5.32 Å². The van der Waals surface area contributed by atoms with Crippen molar-refractivity contribution in [3.8, 4) is 0 Å². The Morgan fingerprint density at radius 2 is 1.94 bits per heavy atom. The third-order valence-electron chi connectivity index (χ3n) is 2.39. The van der Waals surface area contributed by atoms with E-state index in [4.69, 9.17) is 4.74 Å².